The average Bonchev–Trinajstić information content (AvgIpc) is 2.62. The lowest BCUT2D eigenvalue weighted by atomic mass is 9.86. The maximum Gasteiger partial charge on any atom is 0.262 e. The first-order valence-corrected chi connectivity index (χ1v) is 9.13. The van der Waals surface area contributed by atoms with Crippen LogP contribution in [0.5, 0.6) is 11.5 Å². The molecule has 1 aromatic rings. The zero-order chi connectivity index (χ0) is 18.4. The number of halogens is 1. The summed E-state index contributed by atoms with van der Waals surface area (Å²) in [7, 11) is 3.10. The van der Waals surface area contributed by atoms with E-state index in [9.17, 15) is 10.1 Å². The van der Waals surface area contributed by atoms with Gasteiger partial charge in [-0.2, -0.15) is 5.26 Å². The molecule has 0 aromatic heterocycles. The molecule has 0 unspecified atom stereocenters. The fourth-order valence-corrected chi connectivity index (χ4v) is 3.50. The third-order valence-corrected chi connectivity index (χ3v) is 5.28. The van der Waals surface area contributed by atoms with E-state index in [-0.39, 0.29) is 17.5 Å². The SMILES string of the molecule is COc1cc(Br)c(/C=C(\C#N)C(=O)N[C@@H]2CCCC[C@H]2C)cc1OC. The number of hydrogen-bond donors (Lipinski definition) is 1. The van der Waals surface area contributed by atoms with E-state index >= 15 is 0 Å². The van der Waals surface area contributed by atoms with E-state index < -0.39 is 0 Å². The van der Waals surface area contributed by atoms with Gasteiger partial charge in [-0.05, 0) is 42.5 Å². The highest BCUT2D eigenvalue weighted by molar-refractivity contribution is 9.10. The van der Waals surface area contributed by atoms with Gasteiger partial charge in [0.25, 0.3) is 5.91 Å². The Labute approximate surface area is 157 Å². The van der Waals surface area contributed by atoms with Crippen LogP contribution in [0.3, 0.4) is 0 Å². The number of nitriles is 1. The summed E-state index contributed by atoms with van der Waals surface area (Å²) in [5.74, 6) is 1.22. The van der Waals surface area contributed by atoms with Crippen molar-refractivity contribution in [1.29, 1.82) is 5.26 Å². The second-order valence-corrected chi connectivity index (χ2v) is 7.09. The lowest BCUT2D eigenvalue weighted by Gasteiger charge is -2.29. The zero-order valence-electron chi connectivity index (χ0n) is 14.8. The Kier molecular flexibility index (Phi) is 6.89. The molecule has 0 spiro atoms. The molecule has 1 saturated carbocycles. The van der Waals surface area contributed by atoms with Gasteiger partial charge in [-0.1, -0.05) is 35.7 Å². The molecule has 1 aliphatic rings. The lowest BCUT2D eigenvalue weighted by molar-refractivity contribution is -0.118. The number of amides is 1. The van der Waals surface area contributed by atoms with Gasteiger partial charge in [0.05, 0.1) is 14.2 Å². The van der Waals surface area contributed by atoms with E-state index in [1.54, 1.807) is 32.4 Å². The minimum absolute atomic E-state index is 0.0747. The molecule has 2 rings (SSSR count). The Morgan fingerprint density at radius 3 is 2.52 bits per heavy atom. The third-order valence-electron chi connectivity index (χ3n) is 4.60. The highest BCUT2D eigenvalue weighted by Crippen LogP contribution is 2.34. The number of nitrogens with zero attached hydrogens (tertiary/aromatic N) is 1. The summed E-state index contributed by atoms with van der Waals surface area (Å²) in [4.78, 5) is 12.5. The summed E-state index contributed by atoms with van der Waals surface area (Å²) in [6.45, 7) is 2.14. The van der Waals surface area contributed by atoms with Crippen molar-refractivity contribution in [2.24, 2.45) is 5.92 Å². The van der Waals surface area contributed by atoms with Gasteiger partial charge in [0.15, 0.2) is 11.5 Å². The van der Waals surface area contributed by atoms with Crippen LogP contribution in [0.25, 0.3) is 6.08 Å². The van der Waals surface area contributed by atoms with E-state index in [0.717, 1.165) is 23.7 Å². The number of ether oxygens (including phenoxy) is 2. The van der Waals surface area contributed by atoms with E-state index in [2.05, 4.69) is 28.2 Å². The maximum atomic E-state index is 12.5. The highest BCUT2D eigenvalue weighted by Gasteiger charge is 2.24. The minimum atomic E-state index is -0.331. The molecule has 6 heteroatoms. The molecule has 1 N–H and O–H groups in total. The van der Waals surface area contributed by atoms with Crippen LogP contribution in [0.15, 0.2) is 22.2 Å². The first-order valence-electron chi connectivity index (χ1n) is 8.34. The van der Waals surface area contributed by atoms with Gasteiger partial charge < -0.3 is 14.8 Å². The van der Waals surface area contributed by atoms with Gasteiger partial charge in [-0.25, -0.2) is 0 Å². The van der Waals surface area contributed by atoms with Crippen LogP contribution in [0.4, 0.5) is 0 Å². The fourth-order valence-electron chi connectivity index (χ4n) is 3.06. The topological polar surface area (TPSA) is 71.3 Å². The standard InChI is InChI=1S/C19H23BrN2O3/c1-12-6-4-5-7-16(12)22-19(23)14(11-21)8-13-9-17(24-2)18(25-3)10-15(13)20/h8-10,12,16H,4-7H2,1-3H3,(H,22,23)/b14-8+/t12-,16-/m1/s1. The van der Waals surface area contributed by atoms with E-state index in [1.165, 1.54) is 6.42 Å². The van der Waals surface area contributed by atoms with Crippen molar-refractivity contribution in [3.05, 3.63) is 27.7 Å². The Morgan fingerprint density at radius 1 is 1.28 bits per heavy atom. The summed E-state index contributed by atoms with van der Waals surface area (Å²) in [5.41, 5.74) is 0.756. The van der Waals surface area contributed by atoms with Crippen molar-refractivity contribution >= 4 is 27.9 Å². The second-order valence-electron chi connectivity index (χ2n) is 6.24. The summed E-state index contributed by atoms with van der Waals surface area (Å²) >= 11 is 3.44. The van der Waals surface area contributed by atoms with Gasteiger partial charge in [0.2, 0.25) is 0 Å². The molecule has 0 saturated heterocycles. The molecule has 1 fully saturated rings. The van der Waals surface area contributed by atoms with Crippen LogP contribution in [0.2, 0.25) is 0 Å². The maximum absolute atomic E-state index is 12.5. The molecule has 134 valence electrons. The van der Waals surface area contributed by atoms with Crippen molar-refractivity contribution < 1.29 is 14.3 Å². The molecule has 25 heavy (non-hydrogen) atoms. The molecule has 0 heterocycles. The van der Waals surface area contributed by atoms with E-state index in [0.29, 0.717) is 23.0 Å². The molecule has 0 bridgehead atoms. The van der Waals surface area contributed by atoms with Crippen molar-refractivity contribution in [1.82, 2.24) is 5.32 Å². The smallest absolute Gasteiger partial charge is 0.262 e. The summed E-state index contributed by atoms with van der Waals surface area (Å²) < 4.78 is 11.2. The number of carbonyl (C=O) groups excluding carboxylic acids is 1. The second kappa shape index (κ2) is 8.91. The van der Waals surface area contributed by atoms with E-state index in [1.807, 2.05) is 6.07 Å². The number of hydrogen-bond acceptors (Lipinski definition) is 4. The normalized spacial score (nSPS) is 20.5. The number of methoxy groups -OCH3 is 2. The van der Waals surface area contributed by atoms with Crippen molar-refractivity contribution in [2.75, 3.05) is 14.2 Å². The Morgan fingerprint density at radius 2 is 1.92 bits per heavy atom. The molecule has 1 aliphatic carbocycles. The number of nitrogens with one attached hydrogen (secondary N) is 1. The first-order chi connectivity index (χ1) is 12.0. The fraction of sp³-hybridized carbons (Fsp3) is 0.474. The Balaban J connectivity index is 2.24. The summed E-state index contributed by atoms with van der Waals surface area (Å²) in [6.07, 6.45) is 5.95. The van der Waals surface area contributed by atoms with Gasteiger partial charge in [-0.15, -0.1) is 0 Å². The number of carbonyl (C=O) groups is 1. The summed E-state index contributed by atoms with van der Waals surface area (Å²) in [6, 6.07) is 5.62. The number of benzene rings is 1. The molecule has 2 atom stereocenters. The quantitative estimate of drug-likeness (QED) is 0.590. The molecule has 5 nitrogen and oxygen atoms in total. The van der Waals surface area contributed by atoms with Gasteiger partial charge in [0, 0.05) is 10.5 Å². The molecule has 0 radical (unpaired) electrons. The van der Waals surface area contributed by atoms with E-state index in [4.69, 9.17) is 9.47 Å². The largest absolute Gasteiger partial charge is 0.493 e. The van der Waals surface area contributed by atoms with Crippen molar-refractivity contribution in [3.8, 4) is 17.6 Å². The Hall–Kier alpha value is -2.00. The van der Waals surface area contributed by atoms with Crippen LogP contribution in [-0.4, -0.2) is 26.2 Å². The summed E-state index contributed by atoms with van der Waals surface area (Å²) in [5, 5.41) is 12.4. The van der Waals surface area contributed by atoms with Gasteiger partial charge in [0.1, 0.15) is 11.6 Å². The third kappa shape index (κ3) is 4.76. The minimum Gasteiger partial charge on any atom is -0.493 e. The number of rotatable bonds is 5. The van der Waals surface area contributed by atoms with Crippen LogP contribution >= 0.6 is 15.9 Å². The van der Waals surface area contributed by atoms with Crippen LogP contribution < -0.4 is 14.8 Å². The predicted octanol–water partition coefficient (Wildman–Crippen LogP) is 4.07. The average molecular weight is 407 g/mol. The van der Waals surface area contributed by atoms with Crippen LogP contribution in [0, 0.1) is 17.2 Å². The lowest BCUT2D eigenvalue weighted by Crippen LogP contribution is -2.41. The van der Waals surface area contributed by atoms with Crippen LogP contribution in [-0.2, 0) is 4.79 Å². The first kappa shape index (κ1) is 19.3. The van der Waals surface area contributed by atoms with Crippen molar-refractivity contribution in [3.63, 3.8) is 0 Å². The molecule has 1 aromatic carbocycles. The Bertz CT molecular complexity index is 709. The molecular formula is C19H23BrN2O3. The zero-order valence-corrected chi connectivity index (χ0v) is 16.4. The van der Waals surface area contributed by atoms with Crippen molar-refractivity contribution in [2.45, 2.75) is 38.6 Å². The van der Waals surface area contributed by atoms with Gasteiger partial charge in [-0.3, -0.25) is 4.79 Å². The highest BCUT2D eigenvalue weighted by atomic mass is 79.9. The van der Waals surface area contributed by atoms with Crippen LogP contribution in [0.1, 0.15) is 38.2 Å². The molecular weight excluding hydrogens is 384 g/mol. The molecule has 0 aliphatic heterocycles. The predicted molar refractivity (Wildman–Crippen MR) is 100 cm³/mol. The van der Waals surface area contributed by atoms with Gasteiger partial charge >= 0.3 is 0 Å². The molecule has 1 amide bonds. The monoisotopic (exact) mass is 406 g/mol.